The van der Waals surface area contributed by atoms with E-state index in [0.717, 1.165) is 25.7 Å². The first-order valence-corrected chi connectivity index (χ1v) is 9.54. The van der Waals surface area contributed by atoms with E-state index in [1.165, 1.54) is 12.4 Å². The average Bonchev–Trinajstić information content (AvgIpc) is 2.94. The van der Waals surface area contributed by atoms with Crippen LogP contribution in [0.2, 0.25) is 0 Å². The van der Waals surface area contributed by atoms with Crippen LogP contribution >= 0.6 is 0 Å². The van der Waals surface area contributed by atoms with Gasteiger partial charge >= 0.3 is 6.18 Å². The molecule has 2 rings (SSSR count). The van der Waals surface area contributed by atoms with Crippen molar-refractivity contribution in [3.05, 3.63) is 33.7 Å². The molecule has 0 bridgehead atoms. The quantitative estimate of drug-likeness (QED) is 0.824. The van der Waals surface area contributed by atoms with Gasteiger partial charge in [-0.05, 0) is 26.2 Å². The smallest absolute Gasteiger partial charge is 0.350 e. The molecule has 1 unspecified atom stereocenters. The van der Waals surface area contributed by atoms with Gasteiger partial charge in [-0.25, -0.2) is 0 Å². The normalized spacial score (nSPS) is 16.4. The number of amides is 2. The zero-order chi connectivity index (χ0) is 20.9. The molecule has 156 valence electrons. The lowest BCUT2D eigenvalue weighted by molar-refractivity contribution is -0.123. The molecule has 2 amide bonds. The van der Waals surface area contributed by atoms with Crippen LogP contribution in [0.5, 0.6) is 0 Å². The minimum atomic E-state index is -4.59. The van der Waals surface area contributed by atoms with Crippen LogP contribution in [0.4, 0.5) is 13.2 Å². The molecule has 2 heterocycles. The van der Waals surface area contributed by atoms with Crippen LogP contribution in [0.1, 0.15) is 72.7 Å². The number of rotatable bonds is 5. The summed E-state index contributed by atoms with van der Waals surface area (Å²) in [5, 5.41) is 1.72. The van der Waals surface area contributed by atoms with Crippen molar-refractivity contribution in [2.24, 2.45) is 0 Å². The molecule has 0 spiro atoms. The third-order valence-electron chi connectivity index (χ3n) is 4.96. The van der Waals surface area contributed by atoms with E-state index in [4.69, 9.17) is 0 Å². The predicted molar refractivity (Wildman–Crippen MR) is 98.5 cm³/mol. The van der Waals surface area contributed by atoms with Crippen molar-refractivity contribution in [3.8, 4) is 0 Å². The topological polar surface area (TPSA) is 71.4 Å². The Morgan fingerprint density at radius 2 is 1.68 bits per heavy atom. The number of alkyl halides is 3. The zero-order valence-electron chi connectivity index (χ0n) is 16.1. The lowest BCUT2D eigenvalue weighted by Crippen LogP contribution is -2.40. The highest BCUT2D eigenvalue weighted by molar-refractivity contribution is 5.99. The van der Waals surface area contributed by atoms with Gasteiger partial charge in [0, 0.05) is 31.5 Å². The van der Waals surface area contributed by atoms with Crippen molar-refractivity contribution < 1.29 is 22.8 Å². The van der Waals surface area contributed by atoms with Crippen LogP contribution < -0.4 is 10.7 Å². The molecular formula is C19H26F3N3O3. The number of carbonyl (C=O) groups excluding carboxylic acids is 2. The summed E-state index contributed by atoms with van der Waals surface area (Å²) in [6.07, 6.45) is 2.36. The van der Waals surface area contributed by atoms with E-state index >= 15 is 0 Å². The van der Waals surface area contributed by atoms with Crippen molar-refractivity contribution >= 4 is 11.8 Å². The highest BCUT2D eigenvalue weighted by Gasteiger charge is 2.30. The molecular weight excluding hydrogens is 375 g/mol. The highest BCUT2D eigenvalue weighted by Crippen LogP contribution is 2.16. The Hall–Kier alpha value is -2.32. The molecule has 1 saturated heterocycles. The van der Waals surface area contributed by atoms with Crippen molar-refractivity contribution in [1.29, 1.82) is 0 Å². The van der Waals surface area contributed by atoms with E-state index in [-0.39, 0.29) is 11.6 Å². The third-order valence-corrected chi connectivity index (χ3v) is 4.96. The van der Waals surface area contributed by atoms with Crippen LogP contribution in [0.3, 0.4) is 0 Å². The first kappa shape index (κ1) is 22.0. The van der Waals surface area contributed by atoms with Gasteiger partial charge in [0.15, 0.2) is 0 Å². The minimum Gasteiger partial charge on any atom is -0.350 e. The summed E-state index contributed by atoms with van der Waals surface area (Å²) in [5.74, 6) is -1.61. The molecule has 9 heteroatoms. The molecule has 6 nitrogen and oxygen atoms in total. The molecule has 1 N–H and O–H groups in total. The second-order valence-corrected chi connectivity index (χ2v) is 7.12. The van der Waals surface area contributed by atoms with E-state index in [2.05, 4.69) is 0 Å². The summed E-state index contributed by atoms with van der Waals surface area (Å²) in [6.45, 7) is 3.22. The Morgan fingerprint density at radius 1 is 1.11 bits per heavy atom. The number of halogens is 3. The van der Waals surface area contributed by atoms with Gasteiger partial charge in [-0.1, -0.05) is 19.8 Å². The first-order chi connectivity index (χ1) is 13.1. The lowest BCUT2D eigenvalue weighted by Gasteiger charge is -2.22. The van der Waals surface area contributed by atoms with Gasteiger partial charge < -0.3 is 14.8 Å². The Bertz CT molecular complexity index is 766. The Kier molecular flexibility index (Phi) is 7.26. The number of pyridine rings is 1. The van der Waals surface area contributed by atoms with Crippen LogP contribution in [0, 0.1) is 0 Å². The Labute approximate surface area is 161 Å². The third kappa shape index (κ3) is 5.59. The largest absolute Gasteiger partial charge is 0.405 e. The van der Waals surface area contributed by atoms with E-state index in [1.807, 2.05) is 13.8 Å². The molecule has 1 aliphatic rings. The molecule has 1 fully saturated rings. The molecule has 1 aliphatic heterocycles. The molecule has 1 aromatic heterocycles. The summed E-state index contributed by atoms with van der Waals surface area (Å²) in [5.41, 5.74) is -1.47. The number of carbonyl (C=O) groups is 2. The molecule has 0 aromatic carbocycles. The number of nitrogens with zero attached hydrogens (tertiary/aromatic N) is 2. The fraction of sp³-hybridized carbons (Fsp3) is 0.632. The summed E-state index contributed by atoms with van der Waals surface area (Å²) >= 11 is 0. The van der Waals surface area contributed by atoms with Gasteiger partial charge in [0.05, 0.1) is 0 Å². The fourth-order valence-electron chi connectivity index (χ4n) is 3.10. The van der Waals surface area contributed by atoms with Gasteiger partial charge in [-0.15, -0.1) is 0 Å². The number of hydrogen-bond donors (Lipinski definition) is 1. The summed E-state index contributed by atoms with van der Waals surface area (Å²) in [6, 6.07) is -0.134. The highest BCUT2D eigenvalue weighted by atomic mass is 19.4. The first-order valence-electron chi connectivity index (χ1n) is 9.54. The van der Waals surface area contributed by atoms with Gasteiger partial charge in [0.25, 0.3) is 11.8 Å². The number of aromatic nitrogens is 1. The van der Waals surface area contributed by atoms with Gasteiger partial charge in [0.2, 0.25) is 5.43 Å². The second-order valence-electron chi connectivity index (χ2n) is 7.12. The minimum absolute atomic E-state index is 0.134. The maximum atomic E-state index is 12.9. The predicted octanol–water partition coefficient (Wildman–Crippen LogP) is 3.13. The molecule has 1 aromatic rings. The standard InChI is InChI=1S/C19H26F3N3O3/c1-3-13(2)25-10-14(17(27)23-12-19(20,21)22)16(26)15(11-25)18(28)24-8-6-4-5-7-9-24/h10-11,13H,3-9,12H2,1-2H3,(H,23,27). The number of hydrogen-bond acceptors (Lipinski definition) is 3. The Balaban J connectivity index is 2.42. The average molecular weight is 401 g/mol. The van der Waals surface area contributed by atoms with Crippen LogP contribution in [0.25, 0.3) is 0 Å². The summed E-state index contributed by atoms with van der Waals surface area (Å²) in [7, 11) is 0. The van der Waals surface area contributed by atoms with Gasteiger partial charge in [-0.2, -0.15) is 13.2 Å². The number of likely N-dealkylation sites (tertiary alicyclic amines) is 1. The summed E-state index contributed by atoms with van der Waals surface area (Å²) in [4.78, 5) is 39.5. The number of nitrogens with one attached hydrogen (secondary N) is 1. The summed E-state index contributed by atoms with van der Waals surface area (Å²) < 4.78 is 38.8. The maximum Gasteiger partial charge on any atom is 0.405 e. The van der Waals surface area contributed by atoms with Crippen LogP contribution in [-0.2, 0) is 0 Å². The van der Waals surface area contributed by atoms with E-state index in [1.54, 1.807) is 14.8 Å². The van der Waals surface area contributed by atoms with Crippen molar-refractivity contribution in [3.63, 3.8) is 0 Å². The molecule has 1 atom stereocenters. The van der Waals surface area contributed by atoms with E-state index < -0.39 is 35.5 Å². The van der Waals surface area contributed by atoms with Gasteiger partial charge in [0.1, 0.15) is 17.7 Å². The monoisotopic (exact) mass is 401 g/mol. The molecule has 28 heavy (non-hydrogen) atoms. The maximum absolute atomic E-state index is 12.9. The Morgan fingerprint density at radius 3 is 2.21 bits per heavy atom. The fourth-order valence-corrected chi connectivity index (χ4v) is 3.10. The molecule has 0 saturated carbocycles. The van der Waals surface area contributed by atoms with Gasteiger partial charge in [-0.3, -0.25) is 14.4 Å². The van der Waals surface area contributed by atoms with E-state index in [9.17, 15) is 27.6 Å². The lowest BCUT2D eigenvalue weighted by atomic mass is 10.1. The van der Waals surface area contributed by atoms with Crippen molar-refractivity contribution in [2.75, 3.05) is 19.6 Å². The molecule has 0 aliphatic carbocycles. The molecule has 0 radical (unpaired) electrons. The van der Waals surface area contributed by atoms with Crippen molar-refractivity contribution in [2.45, 2.75) is 58.2 Å². The van der Waals surface area contributed by atoms with E-state index in [0.29, 0.717) is 19.5 Å². The zero-order valence-corrected chi connectivity index (χ0v) is 16.1. The second kappa shape index (κ2) is 9.25. The van der Waals surface area contributed by atoms with Crippen molar-refractivity contribution in [1.82, 2.24) is 14.8 Å². The van der Waals surface area contributed by atoms with Crippen LogP contribution in [0.15, 0.2) is 17.2 Å². The van der Waals surface area contributed by atoms with Crippen LogP contribution in [-0.4, -0.2) is 47.1 Å². The SMILES string of the molecule is CCC(C)n1cc(C(=O)NCC(F)(F)F)c(=O)c(C(=O)N2CCCCCC2)c1.